The van der Waals surface area contributed by atoms with Gasteiger partial charge < -0.3 is 10.2 Å². The van der Waals surface area contributed by atoms with Crippen molar-refractivity contribution in [2.75, 3.05) is 44.2 Å². The minimum absolute atomic E-state index is 0.603. The van der Waals surface area contributed by atoms with E-state index >= 15 is 0 Å². The molecule has 0 aromatic carbocycles. The van der Waals surface area contributed by atoms with Crippen molar-refractivity contribution in [3.8, 4) is 6.07 Å². The summed E-state index contributed by atoms with van der Waals surface area (Å²) in [7, 11) is 0. The van der Waals surface area contributed by atoms with Crippen LogP contribution in [0.4, 0.5) is 5.82 Å². The number of hydrogen-bond donors (Lipinski definition) is 1. The van der Waals surface area contributed by atoms with Crippen LogP contribution in [0.5, 0.6) is 0 Å². The minimum Gasteiger partial charge on any atom is -0.354 e. The second-order valence-corrected chi connectivity index (χ2v) is 5.61. The molecule has 106 valence electrons. The van der Waals surface area contributed by atoms with Gasteiger partial charge in [0, 0.05) is 51.0 Å². The largest absolute Gasteiger partial charge is 0.354 e. The number of pyridine rings is 1. The fourth-order valence-corrected chi connectivity index (χ4v) is 3.15. The van der Waals surface area contributed by atoms with E-state index in [-0.39, 0.29) is 0 Å². The van der Waals surface area contributed by atoms with Gasteiger partial charge in [0.1, 0.15) is 11.9 Å². The molecule has 1 N–H and O–H groups in total. The lowest BCUT2D eigenvalue weighted by atomic mass is 10.2. The van der Waals surface area contributed by atoms with Gasteiger partial charge in [0.15, 0.2) is 0 Å². The van der Waals surface area contributed by atoms with E-state index in [4.69, 9.17) is 0 Å². The maximum Gasteiger partial charge on any atom is 0.146 e. The van der Waals surface area contributed by atoms with Crippen molar-refractivity contribution in [1.29, 1.82) is 5.26 Å². The third kappa shape index (κ3) is 2.62. The number of nitrogens with zero attached hydrogens (tertiary/aromatic N) is 4. The van der Waals surface area contributed by atoms with Crippen LogP contribution in [-0.4, -0.2) is 55.2 Å². The highest BCUT2D eigenvalue weighted by Gasteiger charge is 2.30. The quantitative estimate of drug-likeness (QED) is 0.860. The molecular weight excluding hydrogens is 250 g/mol. The number of nitriles is 1. The van der Waals surface area contributed by atoms with E-state index < -0.39 is 0 Å². The van der Waals surface area contributed by atoms with Crippen LogP contribution in [0.2, 0.25) is 0 Å². The summed E-state index contributed by atoms with van der Waals surface area (Å²) in [6.45, 7) is 8.40. The SMILES string of the molecule is Cc1ccc(C#N)c(N2CCC(N3CCNCC3)C2)n1. The van der Waals surface area contributed by atoms with Gasteiger partial charge in [-0.2, -0.15) is 5.26 Å². The first-order valence-electron chi connectivity index (χ1n) is 7.35. The summed E-state index contributed by atoms with van der Waals surface area (Å²) in [5.41, 5.74) is 1.67. The fraction of sp³-hybridized carbons (Fsp3) is 0.600. The smallest absolute Gasteiger partial charge is 0.146 e. The van der Waals surface area contributed by atoms with Crippen molar-refractivity contribution in [1.82, 2.24) is 15.2 Å². The molecule has 3 heterocycles. The Morgan fingerprint density at radius 1 is 1.30 bits per heavy atom. The summed E-state index contributed by atoms with van der Waals surface area (Å²) >= 11 is 0. The van der Waals surface area contributed by atoms with E-state index in [1.54, 1.807) is 0 Å². The Labute approximate surface area is 120 Å². The molecule has 0 spiro atoms. The number of rotatable bonds is 2. The monoisotopic (exact) mass is 271 g/mol. The van der Waals surface area contributed by atoms with Gasteiger partial charge in [-0.15, -0.1) is 0 Å². The highest BCUT2D eigenvalue weighted by Crippen LogP contribution is 2.24. The normalized spacial score (nSPS) is 23.8. The summed E-state index contributed by atoms with van der Waals surface area (Å²) in [5, 5.41) is 12.6. The molecule has 2 aliphatic rings. The average Bonchev–Trinajstić information content (AvgIpc) is 2.98. The highest BCUT2D eigenvalue weighted by molar-refractivity contribution is 5.55. The molecule has 20 heavy (non-hydrogen) atoms. The van der Waals surface area contributed by atoms with Crippen molar-refractivity contribution in [3.63, 3.8) is 0 Å². The van der Waals surface area contributed by atoms with E-state index in [1.807, 2.05) is 19.1 Å². The predicted octanol–water partition coefficient (Wildman–Crippen LogP) is 0.746. The van der Waals surface area contributed by atoms with Crippen LogP contribution >= 0.6 is 0 Å². The molecule has 1 atom stereocenters. The standard InChI is InChI=1S/C15H21N5/c1-12-2-3-13(10-16)15(18-12)20-7-4-14(11-20)19-8-5-17-6-9-19/h2-3,14,17H,4-9,11H2,1H3. The third-order valence-corrected chi connectivity index (χ3v) is 4.27. The lowest BCUT2D eigenvalue weighted by molar-refractivity contribution is 0.185. The van der Waals surface area contributed by atoms with Gasteiger partial charge in [-0.25, -0.2) is 4.98 Å². The van der Waals surface area contributed by atoms with Gasteiger partial charge in [0.2, 0.25) is 0 Å². The average molecular weight is 271 g/mol. The Morgan fingerprint density at radius 2 is 2.10 bits per heavy atom. The number of nitrogens with one attached hydrogen (secondary N) is 1. The van der Waals surface area contributed by atoms with Crippen LogP contribution in [0, 0.1) is 18.3 Å². The molecule has 2 saturated heterocycles. The van der Waals surface area contributed by atoms with Crippen molar-refractivity contribution < 1.29 is 0 Å². The van der Waals surface area contributed by atoms with Gasteiger partial charge in [0.05, 0.1) is 5.56 Å². The summed E-state index contributed by atoms with van der Waals surface area (Å²) in [5.74, 6) is 0.866. The molecular formula is C15H21N5. The van der Waals surface area contributed by atoms with Crippen molar-refractivity contribution in [2.45, 2.75) is 19.4 Å². The summed E-state index contributed by atoms with van der Waals surface area (Å²) in [4.78, 5) is 9.42. The Kier molecular flexibility index (Phi) is 3.86. The molecule has 1 aromatic heterocycles. The van der Waals surface area contributed by atoms with E-state index in [9.17, 15) is 5.26 Å². The van der Waals surface area contributed by atoms with Crippen LogP contribution in [-0.2, 0) is 0 Å². The first kappa shape index (κ1) is 13.3. The molecule has 0 radical (unpaired) electrons. The Hall–Kier alpha value is -1.64. The Bertz CT molecular complexity index is 515. The van der Waals surface area contributed by atoms with Crippen LogP contribution in [0.15, 0.2) is 12.1 Å². The lowest BCUT2D eigenvalue weighted by Crippen LogP contribution is -2.49. The maximum atomic E-state index is 9.25. The van der Waals surface area contributed by atoms with Crippen LogP contribution < -0.4 is 10.2 Å². The molecule has 5 heteroatoms. The fourth-order valence-electron chi connectivity index (χ4n) is 3.15. The second-order valence-electron chi connectivity index (χ2n) is 5.61. The van der Waals surface area contributed by atoms with Crippen LogP contribution in [0.1, 0.15) is 17.7 Å². The molecule has 2 aliphatic heterocycles. The van der Waals surface area contributed by atoms with Gasteiger partial charge in [-0.1, -0.05) is 0 Å². The van der Waals surface area contributed by atoms with Crippen LogP contribution in [0.25, 0.3) is 0 Å². The Morgan fingerprint density at radius 3 is 2.85 bits per heavy atom. The minimum atomic E-state index is 0.603. The first-order chi connectivity index (χ1) is 9.78. The lowest BCUT2D eigenvalue weighted by Gasteiger charge is -2.32. The highest BCUT2D eigenvalue weighted by atomic mass is 15.3. The zero-order valence-electron chi connectivity index (χ0n) is 12.0. The van der Waals surface area contributed by atoms with Gasteiger partial charge in [0.25, 0.3) is 0 Å². The van der Waals surface area contributed by atoms with Crippen LogP contribution in [0.3, 0.4) is 0 Å². The molecule has 5 nitrogen and oxygen atoms in total. The van der Waals surface area contributed by atoms with E-state index in [2.05, 4.69) is 26.2 Å². The molecule has 0 amide bonds. The Balaban J connectivity index is 1.73. The molecule has 1 unspecified atom stereocenters. The number of anilines is 1. The number of aromatic nitrogens is 1. The zero-order valence-corrected chi connectivity index (χ0v) is 12.0. The summed E-state index contributed by atoms with van der Waals surface area (Å²) < 4.78 is 0. The number of aryl methyl sites for hydroxylation is 1. The maximum absolute atomic E-state index is 9.25. The van der Waals surface area contributed by atoms with E-state index in [0.29, 0.717) is 11.6 Å². The predicted molar refractivity (Wildman–Crippen MR) is 78.7 cm³/mol. The molecule has 2 fully saturated rings. The zero-order chi connectivity index (χ0) is 13.9. The van der Waals surface area contributed by atoms with E-state index in [1.165, 1.54) is 6.42 Å². The van der Waals surface area contributed by atoms with Crippen molar-refractivity contribution >= 4 is 5.82 Å². The third-order valence-electron chi connectivity index (χ3n) is 4.27. The summed E-state index contributed by atoms with van der Waals surface area (Å²) in [6.07, 6.45) is 1.17. The molecule has 0 saturated carbocycles. The topological polar surface area (TPSA) is 55.2 Å². The number of hydrogen-bond acceptors (Lipinski definition) is 5. The molecule has 0 aliphatic carbocycles. The van der Waals surface area contributed by atoms with Gasteiger partial charge in [-0.05, 0) is 25.5 Å². The number of piperazine rings is 1. The van der Waals surface area contributed by atoms with Gasteiger partial charge in [-0.3, -0.25) is 4.90 Å². The van der Waals surface area contributed by atoms with E-state index in [0.717, 1.165) is 50.8 Å². The van der Waals surface area contributed by atoms with Gasteiger partial charge >= 0.3 is 0 Å². The molecule has 1 aromatic rings. The summed E-state index contributed by atoms with van der Waals surface area (Å²) in [6, 6.07) is 6.66. The molecule has 0 bridgehead atoms. The van der Waals surface area contributed by atoms with Crippen molar-refractivity contribution in [2.24, 2.45) is 0 Å². The first-order valence-corrected chi connectivity index (χ1v) is 7.35. The van der Waals surface area contributed by atoms with Crippen molar-refractivity contribution in [3.05, 3.63) is 23.4 Å². The molecule has 3 rings (SSSR count). The second kappa shape index (κ2) is 5.78.